The van der Waals surface area contributed by atoms with E-state index in [-0.39, 0.29) is 12.4 Å². The van der Waals surface area contributed by atoms with Gasteiger partial charge in [-0.2, -0.15) is 0 Å². The first-order chi connectivity index (χ1) is 4.59. The van der Waals surface area contributed by atoms with Crippen LogP contribution in [0.4, 0.5) is 0 Å². The Morgan fingerprint density at radius 3 is 2.00 bits per heavy atom. The van der Waals surface area contributed by atoms with Crippen molar-refractivity contribution in [3.8, 4) is 0 Å². The fourth-order valence-corrected chi connectivity index (χ4v) is 0.175. The van der Waals surface area contributed by atoms with E-state index < -0.39 is 5.97 Å². The number of carboxylic acid groups (broad SMARTS) is 2. The lowest BCUT2D eigenvalue weighted by atomic mass is 10.1. The SMILES string of the molecule is CCC(C)C(=O)O.O=CO. The van der Waals surface area contributed by atoms with Crippen molar-refractivity contribution in [2.45, 2.75) is 20.3 Å². The highest BCUT2D eigenvalue weighted by Crippen LogP contribution is 1.97. The van der Waals surface area contributed by atoms with Gasteiger partial charge in [-0.1, -0.05) is 13.8 Å². The summed E-state index contributed by atoms with van der Waals surface area (Å²) in [4.78, 5) is 18.3. The predicted octanol–water partition coefficient (Wildman–Crippen LogP) is 0.818. The Hall–Kier alpha value is -1.06. The van der Waals surface area contributed by atoms with E-state index in [4.69, 9.17) is 15.0 Å². The summed E-state index contributed by atoms with van der Waals surface area (Å²) >= 11 is 0. The summed E-state index contributed by atoms with van der Waals surface area (Å²) in [7, 11) is 0. The lowest BCUT2D eigenvalue weighted by Crippen LogP contribution is -2.06. The minimum atomic E-state index is -0.706. The van der Waals surface area contributed by atoms with Gasteiger partial charge in [-0.05, 0) is 6.42 Å². The molecule has 0 aromatic heterocycles. The van der Waals surface area contributed by atoms with Crippen LogP contribution in [0.5, 0.6) is 0 Å². The average molecular weight is 148 g/mol. The van der Waals surface area contributed by atoms with Crippen LogP contribution in [-0.4, -0.2) is 22.7 Å². The van der Waals surface area contributed by atoms with E-state index in [2.05, 4.69) is 0 Å². The summed E-state index contributed by atoms with van der Waals surface area (Å²) in [6.45, 7) is 3.31. The molecule has 0 heterocycles. The topological polar surface area (TPSA) is 74.6 Å². The fraction of sp³-hybridized carbons (Fsp3) is 0.667. The molecule has 4 heteroatoms. The van der Waals surface area contributed by atoms with Gasteiger partial charge in [-0.3, -0.25) is 9.59 Å². The molecular weight excluding hydrogens is 136 g/mol. The van der Waals surface area contributed by atoms with E-state index in [1.54, 1.807) is 6.92 Å². The molecule has 2 N–H and O–H groups in total. The molecule has 0 saturated heterocycles. The molecule has 4 nitrogen and oxygen atoms in total. The van der Waals surface area contributed by atoms with Crippen molar-refractivity contribution in [1.29, 1.82) is 0 Å². The second-order valence-corrected chi connectivity index (χ2v) is 1.75. The zero-order valence-corrected chi connectivity index (χ0v) is 6.07. The summed E-state index contributed by atoms with van der Waals surface area (Å²) < 4.78 is 0. The van der Waals surface area contributed by atoms with Crippen molar-refractivity contribution in [2.75, 3.05) is 0 Å². The van der Waals surface area contributed by atoms with E-state index in [9.17, 15) is 4.79 Å². The van der Waals surface area contributed by atoms with Crippen LogP contribution in [-0.2, 0) is 9.59 Å². The lowest BCUT2D eigenvalue weighted by Gasteiger charge is -1.96. The van der Waals surface area contributed by atoms with Gasteiger partial charge in [0.2, 0.25) is 0 Å². The Morgan fingerprint density at radius 2 is 2.00 bits per heavy atom. The monoisotopic (exact) mass is 148 g/mol. The highest BCUT2D eigenvalue weighted by atomic mass is 16.4. The van der Waals surface area contributed by atoms with Gasteiger partial charge >= 0.3 is 5.97 Å². The van der Waals surface area contributed by atoms with Crippen LogP contribution in [0.15, 0.2) is 0 Å². The second kappa shape index (κ2) is 7.94. The molecule has 0 bridgehead atoms. The summed E-state index contributed by atoms with van der Waals surface area (Å²) in [5.41, 5.74) is 0. The van der Waals surface area contributed by atoms with Gasteiger partial charge in [0, 0.05) is 0 Å². The van der Waals surface area contributed by atoms with E-state index >= 15 is 0 Å². The first kappa shape index (κ1) is 11.7. The number of hydrogen-bond donors (Lipinski definition) is 2. The van der Waals surface area contributed by atoms with Gasteiger partial charge in [0.15, 0.2) is 0 Å². The normalized spacial score (nSPS) is 10.6. The van der Waals surface area contributed by atoms with Gasteiger partial charge in [0.25, 0.3) is 6.47 Å². The second-order valence-electron chi connectivity index (χ2n) is 1.75. The minimum Gasteiger partial charge on any atom is -0.483 e. The molecule has 60 valence electrons. The van der Waals surface area contributed by atoms with Crippen LogP contribution in [0.1, 0.15) is 20.3 Å². The van der Waals surface area contributed by atoms with Crippen molar-refractivity contribution in [1.82, 2.24) is 0 Å². The van der Waals surface area contributed by atoms with E-state index in [1.165, 1.54) is 0 Å². The van der Waals surface area contributed by atoms with Crippen LogP contribution in [0, 0.1) is 5.92 Å². The smallest absolute Gasteiger partial charge is 0.306 e. The molecule has 0 spiro atoms. The Morgan fingerprint density at radius 1 is 1.70 bits per heavy atom. The maximum atomic E-state index is 9.93. The first-order valence-corrected chi connectivity index (χ1v) is 2.90. The Bertz CT molecular complexity index is 99.9. The van der Waals surface area contributed by atoms with Gasteiger partial charge in [0.1, 0.15) is 0 Å². The Balaban J connectivity index is 0. The Labute approximate surface area is 59.5 Å². The first-order valence-electron chi connectivity index (χ1n) is 2.90. The van der Waals surface area contributed by atoms with Gasteiger partial charge < -0.3 is 10.2 Å². The standard InChI is InChI=1S/C5H10O2.CH2O2/c1-3-4(2)5(6)7;2-1-3/h4H,3H2,1-2H3,(H,6,7);1H,(H,2,3). The van der Waals surface area contributed by atoms with Crippen molar-refractivity contribution >= 4 is 12.4 Å². The fourth-order valence-electron chi connectivity index (χ4n) is 0.175. The maximum absolute atomic E-state index is 9.93. The number of rotatable bonds is 2. The van der Waals surface area contributed by atoms with Gasteiger partial charge in [-0.15, -0.1) is 0 Å². The molecule has 0 amide bonds. The third-order valence-electron chi connectivity index (χ3n) is 1.03. The van der Waals surface area contributed by atoms with Crippen molar-refractivity contribution in [3.05, 3.63) is 0 Å². The number of aliphatic carboxylic acids is 1. The molecule has 0 fully saturated rings. The van der Waals surface area contributed by atoms with Crippen LogP contribution in [0.3, 0.4) is 0 Å². The maximum Gasteiger partial charge on any atom is 0.306 e. The molecule has 0 rings (SSSR count). The summed E-state index contributed by atoms with van der Waals surface area (Å²) in [5, 5.41) is 15.1. The van der Waals surface area contributed by atoms with E-state index in [1.807, 2.05) is 6.92 Å². The summed E-state index contributed by atoms with van der Waals surface area (Å²) in [6, 6.07) is 0. The van der Waals surface area contributed by atoms with Crippen LogP contribution < -0.4 is 0 Å². The van der Waals surface area contributed by atoms with Crippen LogP contribution >= 0.6 is 0 Å². The quantitative estimate of drug-likeness (QED) is 0.568. The van der Waals surface area contributed by atoms with E-state index in [0.29, 0.717) is 0 Å². The zero-order valence-electron chi connectivity index (χ0n) is 6.07. The van der Waals surface area contributed by atoms with Crippen molar-refractivity contribution in [2.24, 2.45) is 5.92 Å². The molecule has 0 aliphatic carbocycles. The zero-order chi connectivity index (χ0) is 8.57. The molecular formula is C6H12O4. The molecule has 10 heavy (non-hydrogen) atoms. The molecule has 0 saturated carbocycles. The highest BCUT2D eigenvalue weighted by Gasteiger charge is 2.05. The third kappa shape index (κ3) is 10.0. The van der Waals surface area contributed by atoms with Crippen LogP contribution in [0.2, 0.25) is 0 Å². The Kier molecular flexibility index (Phi) is 9.29. The molecule has 0 aromatic rings. The van der Waals surface area contributed by atoms with Crippen molar-refractivity contribution in [3.63, 3.8) is 0 Å². The molecule has 0 aliphatic heterocycles. The average Bonchev–Trinajstić information content (AvgIpc) is 1.88. The molecule has 0 aliphatic rings. The molecule has 1 atom stereocenters. The lowest BCUT2D eigenvalue weighted by molar-refractivity contribution is -0.141. The third-order valence-corrected chi connectivity index (χ3v) is 1.03. The molecule has 0 radical (unpaired) electrons. The minimum absolute atomic E-state index is 0.181. The highest BCUT2D eigenvalue weighted by molar-refractivity contribution is 5.69. The van der Waals surface area contributed by atoms with Gasteiger partial charge in [-0.25, -0.2) is 0 Å². The molecule has 1 unspecified atom stereocenters. The number of carbonyl (C=O) groups is 2. The van der Waals surface area contributed by atoms with Crippen LogP contribution in [0.25, 0.3) is 0 Å². The van der Waals surface area contributed by atoms with E-state index in [0.717, 1.165) is 6.42 Å². The van der Waals surface area contributed by atoms with Gasteiger partial charge in [0.05, 0.1) is 5.92 Å². The number of carboxylic acids is 1. The summed E-state index contributed by atoms with van der Waals surface area (Å²) in [5.74, 6) is -0.887. The molecule has 0 aromatic carbocycles. The summed E-state index contributed by atoms with van der Waals surface area (Å²) in [6.07, 6.45) is 0.718. The predicted molar refractivity (Wildman–Crippen MR) is 35.8 cm³/mol. The number of hydrogen-bond acceptors (Lipinski definition) is 2. The van der Waals surface area contributed by atoms with Crippen molar-refractivity contribution < 1.29 is 19.8 Å². The largest absolute Gasteiger partial charge is 0.483 e.